The Morgan fingerprint density at radius 2 is 2.12 bits per heavy atom. The minimum absolute atomic E-state index is 0.332. The fraction of sp³-hybridized carbons (Fsp3) is 0.800. The predicted molar refractivity (Wildman–Crippen MR) is 107 cm³/mol. The lowest BCUT2D eigenvalue weighted by Crippen LogP contribution is -2.41. The Morgan fingerprint density at radius 3 is 2.77 bits per heavy atom. The summed E-state index contributed by atoms with van der Waals surface area (Å²) in [6, 6.07) is 1.97. The Kier molecular flexibility index (Phi) is 8.95. The summed E-state index contributed by atoms with van der Waals surface area (Å²) in [4.78, 5) is 4.93. The van der Waals surface area contributed by atoms with Crippen molar-refractivity contribution < 1.29 is 4.74 Å². The molecule has 1 heterocycles. The molecule has 1 fully saturated rings. The van der Waals surface area contributed by atoms with Crippen LogP contribution in [0.3, 0.4) is 0 Å². The van der Waals surface area contributed by atoms with Crippen molar-refractivity contribution >= 4 is 5.96 Å². The van der Waals surface area contributed by atoms with Crippen LogP contribution in [-0.4, -0.2) is 48.6 Å². The van der Waals surface area contributed by atoms with E-state index in [1.165, 1.54) is 25.7 Å². The number of nitrogens with zero attached hydrogens (tertiary/aromatic N) is 3. The zero-order valence-corrected chi connectivity index (χ0v) is 16.8. The molecule has 0 saturated heterocycles. The van der Waals surface area contributed by atoms with Gasteiger partial charge < -0.3 is 15.4 Å². The standard InChI is InChI=1S/C20H37N5O/c1-4-21-19(22-15-18(3)16-25-13-8-12-24-25)23-17-20(9-6-7-10-20)11-14-26-5-2/h8,12-13,18H,4-7,9-11,14-17H2,1-3H3,(H2,21,22,23). The van der Waals surface area contributed by atoms with Crippen LogP contribution >= 0.6 is 0 Å². The third-order valence-corrected chi connectivity index (χ3v) is 5.24. The largest absolute Gasteiger partial charge is 0.382 e. The molecular weight excluding hydrogens is 326 g/mol. The molecule has 0 spiro atoms. The molecule has 1 atom stereocenters. The van der Waals surface area contributed by atoms with Crippen molar-refractivity contribution in [2.75, 3.05) is 32.8 Å². The molecule has 2 N–H and O–H groups in total. The van der Waals surface area contributed by atoms with Crippen LogP contribution in [0.25, 0.3) is 0 Å². The first-order chi connectivity index (χ1) is 12.7. The van der Waals surface area contributed by atoms with Crippen molar-refractivity contribution in [3.05, 3.63) is 18.5 Å². The average molecular weight is 364 g/mol. The Bertz CT molecular complexity index is 508. The summed E-state index contributed by atoms with van der Waals surface area (Å²) in [7, 11) is 0. The van der Waals surface area contributed by atoms with Gasteiger partial charge in [0.15, 0.2) is 5.96 Å². The van der Waals surface area contributed by atoms with E-state index < -0.39 is 0 Å². The lowest BCUT2D eigenvalue weighted by atomic mass is 9.83. The van der Waals surface area contributed by atoms with E-state index in [0.717, 1.165) is 51.8 Å². The van der Waals surface area contributed by atoms with Gasteiger partial charge in [0.05, 0.1) is 0 Å². The van der Waals surface area contributed by atoms with Gasteiger partial charge in [-0.2, -0.15) is 5.10 Å². The second kappa shape index (κ2) is 11.2. The van der Waals surface area contributed by atoms with Crippen molar-refractivity contribution in [1.82, 2.24) is 20.4 Å². The van der Waals surface area contributed by atoms with Gasteiger partial charge in [-0.15, -0.1) is 0 Å². The van der Waals surface area contributed by atoms with Gasteiger partial charge in [-0.25, -0.2) is 0 Å². The number of aromatic nitrogens is 2. The van der Waals surface area contributed by atoms with Gasteiger partial charge in [0.25, 0.3) is 0 Å². The lowest BCUT2D eigenvalue weighted by molar-refractivity contribution is 0.107. The van der Waals surface area contributed by atoms with E-state index >= 15 is 0 Å². The zero-order chi connectivity index (χ0) is 18.7. The molecule has 0 amide bonds. The van der Waals surface area contributed by atoms with Crippen LogP contribution < -0.4 is 10.6 Å². The molecule has 0 bridgehead atoms. The van der Waals surface area contributed by atoms with Gasteiger partial charge in [-0.05, 0) is 50.5 Å². The molecule has 1 aromatic rings. The van der Waals surface area contributed by atoms with Gasteiger partial charge in [0, 0.05) is 51.8 Å². The highest BCUT2D eigenvalue weighted by molar-refractivity contribution is 5.79. The van der Waals surface area contributed by atoms with Crippen molar-refractivity contribution in [3.8, 4) is 0 Å². The third kappa shape index (κ3) is 6.98. The minimum Gasteiger partial charge on any atom is -0.382 e. The molecule has 1 saturated carbocycles. The Morgan fingerprint density at radius 1 is 1.31 bits per heavy atom. The number of hydrogen-bond donors (Lipinski definition) is 2. The summed E-state index contributed by atoms with van der Waals surface area (Å²) in [5, 5.41) is 11.2. The van der Waals surface area contributed by atoms with Gasteiger partial charge in [0.2, 0.25) is 0 Å². The number of nitrogens with one attached hydrogen (secondary N) is 2. The molecule has 1 aliphatic carbocycles. The first kappa shape index (κ1) is 20.7. The molecule has 6 heteroatoms. The van der Waals surface area contributed by atoms with Gasteiger partial charge in [-0.1, -0.05) is 19.8 Å². The molecule has 0 aliphatic heterocycles. The quantitative estimate of drug-likeness (QED) is 0.360. The smallest absolute Gasteiger partial charge is 0.191 e. The first-order valence-corrected chi connectivity index (χ1v) is 10.2. The summed E-state index contributed by atoms with van der Waals surface area (Å²) in [5.74, 6) is 1.42. The molecule has 2 rings (SSSR count). The average Bonchev–Trinajstić information content (AvgIpc) is 3.30. The van der Waals surface area contributed by atoms with Crippen LogP contribution in [0.2, 0.25) is 0 Å². The highest BCUT2D eigenvalue weighted by Crippen LogP contribution is 2.41. The molecular formula is C20H37N5O. The molecule has 1 aliphatic rings. The van der Waals surface area contributed by atoms with E-state index in [0.29, 0.717) is 11.3 Å². The van der Waals surface area contributed by atoms with Crippen LogP contribution in [0.1, 0.15) is 52.9 Å². The van der Waals surface area contributed by atoms with Crippen LogP contribution in [0, 0.1) is 11.3 Å². The number of rotatable bonds is 11. The summed E-state index contributed by atoms with van der Waals surface area (Å²) < 4.78 is 7.60. The van der Waals surface area contributed by atoms with Crippen LogP contribution in [0.4, 0.5) is 0 Å². The zero-order valence-electron chi connectivity index (χ0n) is 16.8. The number of hydrogen-bond acceptors (Lipinski definition) is 3. The number of ether oxygens (including phenoxy) is 1. The van der Waals surface area contributed by atoms with Crippen LogP contribution in [0.5, 0.6) is 0 Å². The summed E-state index contributed by atoms with van der Waals surface area (Å²) in [5.41, 5.74) is 0.332. The van der Waals surface area contributed by atoms with Crippen molar-refractivity contribution in [3.63, 3.8) is 0 Å². The third-order valence-electron chi connectivity index (χ3n) is 5.24. The van der Waals surface area contributed by atoms with Crippen molar-refractivity contribution in [1.29, 1.82) is 0 Å². The molecule has 0 aromatic carbocycles. The van der Waals surface area contributed by atoms with E-state index in [-0.39, 0.29) is 0 Å². The molecule has 1 aromatic heterocycles. The van der Waals surface area contributed by atoms with Gasteiger partial charge in [-0.3, -0.25) is 9.67 Å². The Balaban J connectivity index is 1.85. The molecule has 1 unspecified atom stereocenters. The van der Waals surface area contributed by atoms with Gasteiger partial charge >= 0.3 is 0 Å². The van der Waals surface area contributed by atoms with E-state index in [2.05, 4.69) is 36.5 Å². The fourth-order valence-corrected chi connectivity index (χ4v) is 3.70. The Labute approximate surface area is 158 Å². The monoisotopic (exact) mass is 363 g/mol. The first-order valence-electron chi connectivity index (χ1n) is 10.2. The maximum Gasteiger partial charge on any atom is 0.191 e. The predicted octanol–water partition coefficient (Wildman–Crippen LogP) is 3.06. The van der Waals surface area contributed by atoms with E-state index in [9.17, 15) is 0 Å². The van der Waals surface area contributed by atoms with Gasteiger partial charge in [0.1, 0.15) is 0 Å². The summed E-state index contributed by atoms with van der Waals surface area (Å²) >= 11 is 0. The fourth-order valence-electron chi connectivity index (χ4n) is 3.70. The molecule has 26 heavy (non-hydrogen) atoms. The highest BCUT2D eigenvalue weighted by Gasteiger charge is 2.33. The SMILES string of the molecule is CCNC(=NCC1(CCOCC)CCCC1)NCC(C)Cn1cccn1. The van der Waals surface area contributed by atoms with Crippen molar-refractivity contribution in [2.24, 2.45) is 16.3 Å². The molecule has 148 valence electrons. The van der Waals surface area contributed by atoms with E-state index in [1.54, 1.807) is 0 Å². The maximum absolute atomic E-state index is 5.62. The van der Waals surface area contributed by atoms with E-state index in [4.69, 9.17) is 9.73 Å². The molecule has 0 radical (unpaired) electrons. The second-order valence-corrected chi connectivity index (χ2v) is 7.56. The number of aliphatic imine (C=N–C) groups is 1. The second-order valence-electron chi connectivity index (χ2n) is 7.56. The van der Waals surface area contributed by atoms with Crippen LogP contribution in [0.15, 0.2) is 23.5 Å². The maximum atomic E-state index is 5.62. The normalized spacial score (nSPS) is 18.0. The van der Waals surface area contributed by atoms with E-state index in [1.807, 2.05) is 23.1 Å². The Hall–Kier alpha value is -1.56. The highest BCUT2D eigenvalue weighted by atomic mass is 16.5. The summed E-state index contributed by atoms with van der Waals surface area (Å²) in [6.45, 7) is 11.7. The van der Waals surface area contributed by atoms with Crippen molar-refractivity contribution in [2.45, 2.75) is 59.4 Å². The lowest BCUT2D eigenvalue weighted by Gasteiger charge is -2.27. The topological polar surface area (TPSA) is 63.5 Å². The van der Waals surface area contributed by atoms with Crippen LogP contribution in [-0.2, 0) is 11.3 Å². The molecule has 6 nitrogen and oxygen atoms in total. The summed E-state index contributed by atoms with van der Waals surface area (Å²) in [6.07, 6.45) is 10.2. The number of guanidine groups is 1. The minimum atomic E-state index is 0.332.